The van der Waals surface area contributed by atoms with Gasteiger partial charge in [-0.2, -0.15) is 5.26 Å². The van der Waals surface area contributed by atoms with Crippen LogP contribution in [0.15, 0.2) is 0 Å². The standard InChI is InChI=1S/C22H36N2O/c1-21-10-8-16(25)14-15(21)4-5-17-18-6-7-20(24(3)13-12-23)22(18,2)11-9-19(17)21/h15-20,25H,4-11,13-14H2,1-3H3/t15-,16-,17?,18?,19?,20-,21-,22-/m0/s1. The molecule has 0 aliphatic heterocycles. The molecule has 25 heavy (non-hydrogen) atoms. The van der Waals surface area contributed by atoms with Crippen LogP contribution in [0.2, 0.25) is 0 Å². The van der Waals surface area contributed by atoms with Crippen LogP contribution in [0.5, 0.6) is 0 Å². The Morgan fingerprint density at radius 1 is 1.00 bits per heavy atom. The van der Waals surface area contributed by atoms with E-state index in [9.17, 15) is 5.11 Å². The van der Waals surface area contributed by atoms with Gasteiger partial charge in [0.2, 0.25) is 0 Å². The predicted molar refractivity (Wildman–Crippen MR) is 99.8 cm³/mol. The van der Waals surface area contributed by atoms with Crippen LogP contribution in [-0.4, -0.2) is 35.7 Å². The van der Waals surface area contributed by atoms with Gasteiger partial charge in [-0.3, -0.25) is 4.90 Å². The summed E-state index contributed by atoms with van der Waals surface area (Å²) in [5.41, 5.74) is 0.879. The first kappa shape index (κ1) is 17.8. The van der Waals surface area contributed by atoms with Crippen LogP contribution in [-0.2, 0) is 0 Å². The van der Waals surface area contributed by atoms with E-state index >= 15 is 0 Å². The average Bonchev–Trinajstić information content (AvgIpc) is 2.93. The highest BCUT2D eigenvalue weighted by Crippen LogP contribution is 2.66. The zero-order valence-electron chi connectivity index (χ0n) is 16.4. The summed E-state index contributed by atoms with van der Waals surface area (Å²) in [6.07, 6.45) is 11.3. The Hall–Kier alpha value is -0.590. The molecule has 0 aromatic carbocycles. The number of rotatable bonds is 2. The van der Waals surface area contributed by atoms with Crippen molar-refractivity contribution in [2.45, 2.75) is 83.8 Å². The van der Waals surface area contributed by atoms with E-state index in [0.29, 0.717) is 23.4 Å². The van der Waals surface area contributed by atoms with Gasteiger partial charge in [0, 0.05) is 6.04 Å². The highest BCUT2D eigenvalue weighted by molar-refractivity contribution is 5.11. The number of nitrogens with zero attached hydrogens (tertiary/aromatic N) is 2. The first-order valence-electron chi connectivity index (χ1n) is 10.7. The molecule has 4 rings (SSSR count). The molecular formula is C22H36N2O. The SMILES string of the molecule is CN(CC#N)[C@H]1CCC2C3CC[C@H]4C[C@@H](O)CC[C@]4(C)C3CC[C@@]21C. The number of fused-ring (bicyclic) bond motifs is 5. The first-order valence-corrected chi connectivity index (χ1v) is 10.7. The van der Waals surface area contributed by atoms with E-state index in [1.165, 1.54) is 44.9 Å². The van der Waals surface area contributed by atoms with Gasteiger partial charge in [-0.25, -0.2) is 0 Å². The summed E-state index contributed by atoms with van der Waals surface area (Å²) in [6, 6.07) is 2.96. The second-order valence-corrected chi connectivity index (χ2v) is 10.3. The highest BCUT2D eigenvalue weighted by atomic mass is 16.3. The lowest BCUT2D eigenvalue weighted by molar-refractivity contribution is -0.127. The minimum Gasteiger partial charge on any atom is -0.393 e. The van der Waals surface area contributed by atoms with Crippen LogP contribution in [0.3, 0.4) is 0 Å². The first-order chi connectivity index (χ1) is 11.9. The Balaban J connectivity index is 1.57. The molecule has 0 spiro atoms. The maximum absolute atomic E-state index is 10.2. The maximum Gasteiger partial charge on any atom is 0.0866 e. The fraction of sp³-hybridized carbons (Fsp3) is 0.955. The summed E-state index contributed by atoms with van der Waals surface area (Å²) in [4.78, 5) is 2.34. The molecule has 0 amide bonds. The Morgan fingerprint density at radius 2 is 1.72 bits per heavy atom. The quantitative estimate of drug-likeness (QED) is 0.763. The Labute approximate surface area is 153 Å². The van der Waals surface area contributed by atoms with Crippen molar-refractivity contribution >= 4 is 0 Å². The molecule has 3 nitrogen and oxygen atoms in total. The molecule has 4 aliphatic rings. The number of hydrogen-bond acceptors (Lipinski definition) is 3. The molecule has 0 aromatic rings. The van der Waals surface area contributed by atoms with Gasteiger partial charge in [0.1, 0.15) is 0 Å². The monoisotopic (exact) mass is 344 g/mol. The van der Waals surface area contributed by atoms with Gasteiger partial charge < -0.3 is 5.11 Å². The van der Waals surface area contributed by atoms with Crippen molar-refractivity contribution in [1.82, 2.24) is 4.90 Å². The van der Waals surface area contributed by atoms with Gasteiger partial charge in [0.25, 0.3) is 0 Å². The van der Waals surface area contributed by atoms with Crippen molar-refractivity contribution in [2.75, 3.05) is 13.6 Å². The zero-order chi connectivity index (χ0) is 17.8. The number of hydrogen-bond donors (Lipinski definition) is 1. The minimum absolute atomic E-state index is 0.0426. The van der Waals surface area contributed by atoms with Crippen molar-refractivity contribution < 1.29 is 5.11 Å². The van der Waals surface area contributed by atoms with Crippen LogP contribution in [0.25, 0.3) is 0 Å². The summed E-state index contributed by atoms with van der Waals surface area (Å²) in [5.74, 6) is 3.36. The summed E-state index contributed by atoms with van der Waals surface area (Å²) in [7, 11) is 2.16. The van der Waals surface area contributed by atoms with Crippen molar-refractivity contribution in [2.24, 2.45) is 34.5 Å². The largest absolute Gasteiger partial charge is 0.393 e. The third-order valence-electron chi connectivity index (χ3n) is 9.44. The van der Waals surface area contributed by atoms with Gasteiger partial charge in [0.05, 0.1) is 18.7 Å². The second-order valence-electron chi connectivity index (χ2n) is 10.3. The molecule has 0 bridgehead atoms. The smallest absolute Gasteiger partial charge is 0.0866 e. The molecule has 8 atom stereocenters. The number of nitriles is 1. The van der Waals surface area contributed by atoms with E-state index in [2.05, 4.69) is 31.9 Å². The van der Waals surface area contributed by atoms with E-state index in [1.54, 1.807) is 0 Å². The molecule has 140 valence electrons. The number of aliphatic hydroxyl groups excluding tert-OH is 1. The second kappa shape index (κ2) is 6.24. The molecule has 0 radical (unpaired) electrons. The van der Waals surface area contributed by atoms with Gasteiger partial charge in [0.15, 0.2) is 0 Å². The van der Waals surface area contributed by atoms with Crippen LogP contribution in [0.1, 0.15) is 71.6 Å². The Morgan fingerprint density at radius 3 is 2.48 bits per heavy atom. The molecule has 3 unspecified atom stereocenters. The van der Waals surface area contributed by atoms with Crippen molar-refractivity contribution in [3.05, 3.63) is 0 Å². The average molecular weight is 345 g/mol. The molecule has 0 aromatic heterocycles. The fourth-order valence-electron chi connectivity index (χ4n) is 8.15. The van der Waals surface area contributed by atoms with Crippen LogP contribution in [0, 0.1) is 45.8 Å². The van der Waals surface area contributed by atoms with E-state index in [4.69, 9.17) is 5.26 Å². The van der Waals surface area contributed by atoms with Crippen LogP contribution in [0.4, 0.5) is 0 Å². The van der Waals surface area contributed by atoms with E-state index in [-0.39, 0.29) is 6.10 Å². The lowest BCUT2D eigenvalue weighted by Crippen LogP contribution is -2.55. The number of aliphatic hydroxyl groups is 1. The normalized spacial score (nSPS) is 52.2. The van der Waals surface area contributed by atoms with Crippen LogP contribution < -0.4 is 0 Å². The lowest BCUT2D eigenvalue weighted by Gasteiger charge is -2.61. The van der Waals surface area contributed by atoms with Crippen molar-refractivity contribution in [3.8, 4) is 6.07 Å². The zero-order valence-corrected chi connectivity index (χ0v) is 16.4. The van der Waals surface area contributed by atoms with Gasteiger partial charge in [-0.05, 0) is 99.3 Å². The van der Waals surface area contributed by atoms with E-state index in [0.717, 1.165) is 36.5 Å². The van der Waals surface area contributed by atoms with Gasteiger partial charge in [-0.1, -0.05) is 13.8 Å². The Kier molecular flexibility index (Phi) is 4.44. The summed E-state index contributed by atoms with van der Waals surface area (Å²) in [5, 5.41) is 19.3. The topological polar surface area (TPSA) is 47.3 Å². The van der Waals surface area contributed by atoms with Gasteiger partial charge in [-0.15, -0.1) is 0 Å². The lowest BCUT2D eigenvalue weighted by atomic mass is 9.45. The van der Waals surface area contributed by atoms with Crippen molar-refractivity contribution in [1.29, 1.82) is 5.26 Å². The molecule has 0 heterocycles. The van der Waals surface area contributed by atoms with Gasteiger partial charge >= 0.3 is 0 Å². The van der Waals surface area contributed by atoms with Crippen molar-refractivity contribution in [3.63, 3.8) is 0 Å². The summed E-state index contributed by atoms with van der Waals surface area (Å²) >= 11 is 0. The molecule has 0 saturated heterocycles. The fourth-order valence-corrected chi connectivity index (χ4v) is 8.15. The van der Waals surface area contributed by atoms with Crippen LogP contribution >= 0.6 is 0 Å². The highest BCUT2D eigenvalue weighted by Gasteiger charge is 2.60. The maximum atomic E-state index is 10.2. The molecule has 4 saturated carbocycles. The Bertz CT molecular complexity index is 557. The molecule has 1 N–H and O–H groups in total. The van der Waals surface area contributed by atoms with E-state index in [1.807, 2.05) is 0 Å². The molecule has 3 heteroatoms. The third kappa shape index (κ3) is 2.59. The summed E-state index contributed by atoms with van der Waals surface area (Å²) in [6.45, 7) is 5.68. The molecule has 4 aliphatic carbocycles. The van der Waals surface area contributed by atoms with E-state index < -0.39 is 0 Å². The third-order valence-corrected chi connectivity index (χ3v) is 9.44. The summed E-state index contributed by atoms with van der Waals surface area (Å²) < 4.78 is 0. The molecule has 4 fully saturated rings. The minimum atomic E-state index is -0.0426. The molecular weight excluding hydrogens is 308 g/mol. The predicted octanol–water partition coefficient (Wildman–Crippen LogP) is 4.21.